The zero-order valence-electron chi connectivity index (χ0n) is 19.2. The van der Waals surface area contributed by atoms with Gasteiger partial charge < -0.3 is 15.2 Å². The maximum absolute atomic E-state index is 13.4. The summed E-state index contributed by atoms with van der Waals surface area (Å²) in [5.74, 6) is 0.0890. The van der Waals surface area contributed by atoms with E-state index < -0.39 is 6.04 Å². The van der Waals surface area contributed by atoms with E-state index in [0.717, 1.165) is 36.6 Å². The summed E-state index contributed by atoms with van der Waals surface area (Å²) in [7, 11) is 0. The van der Waals surface area contributed by atoms with E-state index in [-0.39, 0.29) is 23.8 Å². The Morgan fingerprint density at radius 1 is 1.24 bits per heavy atom. The molecule has 0 bridgehead atoms. The molecule has 2 aromatic rings. The van der Waals surface area contributed by atoms with Crippen LogP contribution in [0.15, 0.2) is 24.3 Å². The van der Waals surface area contributed by atoms with Gasteiger partial charge in [0.15, 0.2) is 0 Å². The number of hydrogen-bond acceptors (Lipinski definition) is 3. The second-order valence-electron chi connectivity index (χ2n) is 9.22. The first-order chi connectivity index (χ1) is 15.8. The van der Waals surface area contributed by atoms with Gasteiger partial charge in [-0.15, -0.1) is 11.6 Å². The van der Waals surface area contributed by atoms with Crippen molar-refractivity contribution in [3.63, 3.8) is 0 Å². The van der Waals surface area contributed by atoms with Crippen LogP contribution in [0.25, 0.3) is 10.9 Å². The fourth-order valence-corrected chi connectivity index (χ4v) is 4.91. The highest BCUT2D eigenvalue weighted by Gasteiger charge is 2.33. The molecule has 1 fully saturated rings. The van der Waals surface area contributed by atoms with Gasteiger partial charge in [0.05, 0.1) is 17.5 Å². The fraction of sp³-hybridized carbons (Fsp3) is 0.560. The molecule has 1 aromatic carbocycles. The van der Waals surface area contributed by atoms with Crippen LogP contribution in [0.3, 0.4) is 0 Å². The largest absolute Gasteiger partial charge is 0.347 e. The number of hydrogen-bond donors (Lipinski definition) is 2. The number of benzene rings is 1. The normalized spacial score (nSPS) is 19.3. The van der Waals surface area contributed by atoms with Gasteiger partial charge in [0, 0.05) is 28.9 Å². The number of nitriles is 1. The molecule has 0 radical (unpaired) electrons. The van der Waals surface area contributed by atoms with Gasteiger partial charge in [-0.1, -0.05) is 44.4 Å². The van der Waals surface area contributed by atoms with Crippen molar-refractivity contribution in [1.82, 2.24) is 15.2 Å². The number of amides is 2. The smallest absolute Gasteiger partial charge is 0.268 e. The third kappa shape index (κ3) is 6.43. The quantitative estimate of drug-likeness (QED) is 0.469. The number of halogens is 2. The van der Waals surface area contributed by atoms with Crippen molar-refractivity contribution in [3.05, 3.63) is 35.0 Å². The molecule has 2 amide bonds. The van der Waals surface area contributed by atoms with Crippen molar-refractivity contribution in [2.75, 3.05) is 5.88 Å². The van der Waals surface area contributed by atoms with Crippen LogP contribution in [0.4, 0.5) is 0 Å². The second kappa shape index (κ2) is 11.8. The number of nitrogens with zero attached hydrogens (tertiary/aromatic N) is 2. The molecular formula is C25H32Cl2N4O2. The van der Waals surface area contributed by atoms with Gasteiger partial charge in [0.2, 0.25) is 5.91 Å². The molecule has 1 heterocycles. The first kappa shape index (κ1) is 25.4. The van der Waals surface area contributed by atoms with E-state index in [1.54, 1.807) is 0 Å². The van der Waals surface area contributed by atoms with E-state index in [1.807, 2.05) is 42.7 Å². The highest BCUT2D eigenvalue weighted by Crippen LogP contribution is 2.27. The van der Waals surface area contributed by atoms with Crippen LogP contribution in [-0.2, 0) is 11.3 Å². The van der Waals surface area contributed by atoms with Crippen LogP contribution in [0, 0.1) is 23.2 Å². The molecule has 3 rings (SSSR count). The Morgan fingerprint density at radius 2 is 2.00 bits per heavy atom. The van der Waals surface area contributed by atoms with Crippen molar-refractivity contribution in [2.24, 2.45) is 11.8 Å². The minimum Gasteiger partial charge on any atom is -0.347 e. The summed E-state index contributed by atoms with van der Waals surface area (Å²) in [6.07, 6.45) is 4.64. The molecule has 33 heavy (non-hydrogen) atoms. The molecule has 2 N–H and O–H groups in total. The molecule has 3 unspecified atom stereocenters. The number of carbonyl (C=O) groups is 2. The topological polar surface area (TPSA) is 86.9 Å². The zero-order chi connectivity index (χ0) is 24.0. The van der Waals surface area contributed by atoms with Crippen LogP contribution < -0.4 is 10.6 Å². The predicted octanol–water partition coefficient (Wildman–Crippen LogP) is 5.27. The lowest BCUT2D eigenvalue weighted by atomic mass is 9.83. The Kier molecular flexibility index (Phi) is 9.05. The maximum atomic E-state index is 13.4. The van der Waals surface area contributed by atoms with E-state index in [9.17, 15) is 14.9 Å². The molecule has 0 aliphatic heterocycles. The number of nitrogens with one attached hydrogen (secondary N) is 2. The summed E-state index contributed by atoms with van der Waals surface area (Å²) in [6.45, 7) is 4.65. The number of aryl methyl sites for hydroxylation is 1. The van der Waals surface area contributed by atoms with E-state index in [2.05, 4.69) is 16.7 Å². The SMILES string of the molecule is CC(C)CC(C#N)NC(=O)C1CCCCC1NC(=O)c1cc2ccc(Cl)cc2n1CCCCl. The van der Waals surface area contributed by atoms with Gasteiger partial charge in [0.1, 0.15) is 11.7 Å². The standard InChI is InChI=1S/C25H32Cl2N4O2/c1-16(2)12-19(15-28)29-24(32)20-6-3-4-7-21(20)30-25(33)23-13-17-8-9-18(27)14-22(17)31(23)11-5-10-26/h8-9,13-14,16,19-21H,3-7,10-12H2,1-2H3,(H,29,32)(H,30,33). The molecule has 1 saturated carbocycles. The van der Waals surface area contributed by atoms with E-state index in [4.69, 9.17) is 23.2 Å². The Morgan fingerprint density at radius 3 is 2.70 bits per heavy atom. The lowest BCUT2D eigenvalue weighted by Crippen LogP contribution is -2.50. The molecule has 1 aliphatic rings. The third-order valence-corrected chi connectivity index (χ3v) is 6.72. The van der Waals surface area contributed by atoms with E-state index >= 15 is 0 Å². The molecule has 0 saturated heterocycles. The Bertz CT molecular complexity index is 1030. The fourth-order valence-electron chi connectivity index (χ4n) is 4.63. The maximum Gasteiger partial charge on any atom is 0.268 e. The van der Waals surface area contributed by atoms with Crippen LogP contribution >= 0.6 is 23.2 Å². The summed E-state index contributed by atoms with van der Waals surface area (Å²) >= 11 is 12.1. The molecule has 1 aliphatic carbocycles. The summed E-state index contributed by atoms with van der Waals surface area (Å²) in [4.78, 5) is 26.4. The second-order valence-corrected chi connectivity index (χ2v) is 10.0. The third-order valence-electron chi connectivity index (χ3n) is 6.21. The monoisotopic (exact) mass is 490 g/mol. The van der Waals surface area contributed by atoms with Crippen LogP contribution in [-0.4, -0.2) is 34.3 Å². The molecule has 6 nitrogen and oxygen atoms in total. The molecule has 3 atom stereocenters. The van der Waals surface area contributed by atoms with Gasteiger partial charge in [-0.05, 0) is 49.8 Å². The number of alkyl halides is 1. The Labute approximate surface area is 205 Å². The summed E-state index contributed by atoms with van der Waals surface area (Å²) in [5, 5.41) is 17.0. The van der Waals surface area contributed by atoms with Crippen molar-refractivity contribution in [3.8, 4) is 6.07 Å². The molecule has 1 aromatic heterocycles. The average Bonchev–Trinajstić information content (AvgIpc) is 3.14. The van der Waals surface area contributed by atoms with Gasteiger partial charge in [-0.2, -0.15) is 5.26 Å². The van der Waals surface area contributed by atoms with Gasteiger partial charge >= 0.3 is 0 Å². The first-order valence-corrected chi connectivity index (χ1v) is 12.6. The molecule has 178 valence electrons. The van der Waals surface area contributed by atoms with E-state index in [1.165, 1.54) is 0 Å². The molecule has 8 heteroatoms. The molecular weight excluding hydrogens is 459 g/mol. The number of aromatic nitrogens is 1. The van der Waals surface area contributed by atoms with Gasteiger partial charge in [0.25, 0.3) is 5.91 Å². The van der Waals surface area contributed by atoms with Crippen LogP contribution in [0.2, 0.25) is 5.02 Å². The molecule has 0 spiro atoms. The van der Waals surface area contributed by atoms with Gasteiger partial charge in [-0.3, -0.25) is 9.59 Å². The minimum atomic E-state index is -0.515. The average molecular weight is 491 g/mol. The summed E-state index contributed by atoms with van der Waals surface area (Å²) in [6, 6.07) is 8.83. The highest BCUT2D eigenvalue weighted by atomic mass is 35.5. The van der Waals surface area contributed by atoms with Crippen LogP contribution in [0.5, 0.6) is 0 Å². The van der Waals surface area contributed by atoms with Crippen molar-refractivity contribution in [1.29, 1.82) is 5.26 Å². The van der Waals surface area contributed by atoms with Crippen molar-refractivity contribution in [2.45, 2.75) is 71.0 Å². The first-order valence-electron chi connectivity index (χ1n) is 11.7. The van der Waals surface area contributed by atoms with Crippen molar-refractivity contribution >= 4 is 45.9 Å². The highest BCUT2D eigenvalue weighted by molar-refractivity contribution is 6.31. The van der Waals surface area contributed by atoms with E-state index in [0.29, 0.717) is 41.9 Å². The number of carbonyl (C=O) groups excluding carboxylic acids is 2. The van der Waals surface area contributed by atoms with Crippen molar-refractivity contribution < 1.29 is 9.59 Å². The Balaban J connectivity index is 1.79. The zero-order valence-corrected chi connectivity index (χ0v) is 20.8. The Hall–Kier alpha value is -2.23. The lowest BCUT2D eigenvalue weighted by Gasteiger charge is -2.32. The summed E-state index contributed by atoms with van der Waals surface area (Å²) in [5.41, 5.74) is 1.43. The number of rotatable bonds is 9. The van der Waals surface area contributed by atoms with Crippen LogP contribution in [0.1, 0.15) is 62.9 Å². The predicted molar refractivity (Wildman–Crippen MR) is 132 cm³/mol. The van der Waals surface area contributed by atoms with Gasteiger partial charge in [-0.25, -0.2) is 0 Å². The number of fused-ring (bicyclic) bond motifs is 1. The lowest BCUT2D eigenvalue weighted by molar-refractivity contribution is -0.127. The summed E-state index contributed by atoms with van der Waals surface area (Å²) < 4.78 is 1.95. The minimum absolute atomic E-state index is 0.151.